The summed E-state index contributed by atoms with van der Waals surface area (Å²) >= 11 is 0. The minimum absolute atomic E-state index is 0.0885. The number of hydrogen-bond donors (Lipinski definition) is 3. The van der Waals surface area contributed by atoms with Crippen LogP contribution < -0.4 is 20.9 Å². The summed E-state index contributed by atoms with van der Waals surface area (Å²) in [7, 11) is 0. The molecule has 10 nitrogen and oxygen atoms in total. The lowest BCUT2D eigenvalue weighted by Crippen LogP contribution is -2.50. The van der Waals surface area contributed by atoms with Gasteiger partial charge in [0.05, 0.1) is 11.4 Å². The molecule has 1 atom stereocenters. The maximum atomic E-state index is 15.0. The van der Waals surface area contributed by atoms with E-state index in [-0.39, 0.29) is 42.3 Å². The molecule has 3 fully saturated rings. The molecule has 0 spiro atoms. The Kier molecular flexibility index (Phi) is 9.27. The van der Waals surface area contributed by atoms with E-state index in [0.717, 1.165) is 58.2 Å². The van der Waals surface area contributed by atoms with E-state index >= 15 is 0 Å². The average Bonchev–Trinajstić information content (AvgIpc) is 2.86. The third-order valence-electron chi connectivity index (χ3n) is 7.36. The van der Waals surface area contributed by atoms with Gasteiger partial charge in [0.1, 0.15) is 23.3 Å². The summed E-state index contributed by atoms with van der Waals surface area (Å²) < 4.78 is 35.1. The van der Waals surface area contributed by atoms with Crippen LogP contribution >= 0.6 is 0 Å². The Bertz CT molecular complexity index is 1050. The molecule has 1 aromatic carbocycles. The van der Waals surface area contributed by atoms with Gasteiger partial charge < -0.3 is 25.2 Å². The molecule has 3 aliphatic rings. The van der Waals surface area contributed by atoms with Gasteiger partial charge in [0.25, 0.3) is 0 Å². The molecule has 39 heavy (non-hydrogen) atoms. The predicted octanol–water partition coefficient (Wildman–Crippen LogP) is 2.29. The van der Waals surface area contributed by atoms with E-state index in [1.807, 2.05) is 25.7 Å². The highest BCUT2D eigenvalue weighted by molar-refractivity contribution is 6.01. The smallest absolute Gasteiger partial charge is 0.407 e. The van der Waals surface area contributed by atoms with Crippen LogP contribution in [0, 0.1) is 11.6 Å². The van der Waals surface area contributed by atoms with Crippen molar-refractivity contribution in [2.75, 3.05) is 62.6 Å². The molecule has 0 bridgehead atoms. The minimum Gasteiger partial charge on any atom is -0.444 e. The maximum Gasteiger partial charge on any atom is 0.407 e. The molecule has 0 saturated carbocycles. The van der Waals surface area contributed by atoms with Crippen molar-refractivity contribution in [1.29, 1.82) is 0 Å². The van der Waals surface area contributed by atoms with Gasteiger partial charge in [-0.1, -0.05) is 0 Å². The fourth-order valence-corrected chi connectivity index (χ4v) is 5.18. The van der Waals surface area contributed by atoms with Crippen molar-refractivity contribution in [3.8, 4) is 0 Å². The van der Waals surface area contributed by atoms with Crippen molar-refractivity contribution >= 4 is 29.3 Å². The normalized spacial score (nSPS) is 22.0. The van der Waals surface area contributed by atoms with Crippen molar-refractivity contribution in [3.63, 3.8) is 0 Å². The number of halogens is 2. The Labute approximate surface area is 228 Å². The monoisotopic (exact) mass is 550 g/mol. The number of nitrogens with one attached hydrogen (secondary N) is 3. The lowest BCUT2D eigenvalue weighted by molar-refractivity contribution is -0.133. The first-order valence-electron chi connectivity index (χ1n) is 13.8. The van der Waals surface area contributed by atoms with Gasteiger partial charge in [0.2, 0.25) is 11.8 Å². The number of rotatable bonds is 7. The second kappa shape index (κ2) is 12.5. The fourth-order valence-electron chi connectivity index (χ4n) is 5.18. The molecule has 3 amide bonds. The lowest BCUT2D eigenvalue weighted by Gasteiger charge is -2.38. The molecule has 12 heteroatoms. The van der Waals surface area contributed by atoms with Crippen LogP contribution in [0.5, 0.6) is 0 Å². The van der Waals surface area contributed by atoms with E-state index in [9.17, 15) is 23.2 Å². The number of alkyl carbamates (subject to hydrolysis) is 1. The average molecular weight is 551 g/mol. The van der Waals surface area contributed by atoms with Crippen LogP contribution in [0.1, 0.15) is 46.5 Å². The summed E-state index contributed by atoms with van der Waals surface area (Å²) in [6.07, 6.45) is 1.78. The van der Waals surface area contributed by atoms with Crippen molar-refractivity contribution in [1.82, 2.24) is 20.4 Å². The third-order valence-corrected chi connectivity index (χ3v) is 7.36. The Morgan fingerprint density at radius 1 is 0.974 bits per heavy atom. The number of piperazine rings is 1. The van der Waals surface area contributed by atoms with E-state index in [4.69, 9.17) is 4.74 Å². The predicted molar refractivity (Wildman–Crippen MR) is 144 cm³/mol. The Hall–Kier alpha value is -2.99. The topological polar surface area (TPSA) is 106 Å². The van der Waals surface area contributed by atoms with Crippen LogP contribution in [0.3, 0.4) is 0 Å². The Morgan fingerprint density at radius 3 is 2.23 bits per heavy atom. The highest BCUT2D eigenvalue weighted by Gasteiger charge is 2.29. The molecule has 4 rings (SSSR count). The highest BCUT2D eigenvalue weighted by Crippen LogP contribution is 2.28. The quantitative estimate of drug-likeness (QED) is 0.444. The van der Waals surface area contributed by atoms with Crippen molar-refractivity contribution in [2.24, 2.45) is 0 Å². The summed E-state index contributed by atoms with van der Waals surface area (Å²) in [4.78, 5) is 41.8. The standard InChI is InChI=1S/C27H40F2N6O4/c1-27(2,3)39-26(38)30-18-6-8-33(9-7-18)10-11-34-12-14-35(15-13-34)23-17-19(28)22(16-20(23)29)31-21-4-5-24(36)32-25(21)37/h16-18,21,31H,4-15H2,1-3H3,(H,30,38)(H,32,36,37). The molecule has 0 aliphatic carbocycles. The first kappa shape index (κ1) is 29.0. The number of likely N-dealkylation sites (tertiary alicyclic amines) is 1. The number of piperidine rings is 2. The summed E-state index contributed by atoms with van der Waals surface area (Å²) in [6.45, 7) is 11.8. The van der Waals surface area contributed by atoms with Gasteiger partial charge in [0, 0.05) is 77.0 Å². The molecule has 3 N–H and O–H groups in total. The summed E-state index contributed by atoms with van der Waals surface area (Å²) in [5.74, 6) is -2.09. The van der Waals surface area contributed by atoms with Gasteiger partial charge in [-0.2, -0.15) is 0 Å². The van der Waals surface area contributed by atoms with Crippen LogP contribution in [0.25, 0.3) is 0 Å². The number of hydrogen-bond acceptors (Lipinski definition) is 8. The second-order valence-electron chi connectivity index (χ2n) is 11.5. The number of benzene rings is 1. The van der Waals surface area contributed by atoms with E-state index < -0.39 is 29.2 Å². The number of nitrogens with zero attached hydrogens (tertiary/aromatic N) is 3. The van der Waals surface area contributed by atoms with Crippen LogP contribution in [0.2, 0.25) is 0 Å². The number of imide groups is 1. The molecule has 216 valence electrons. The van der Waals surface area contributed by atoms with Crippen LogP contribution in [0.4, 0.5) is 25.0 Å². The van der Waals surface area contributed by atoms with E-state index in [2.05, 4.69) is 25.8 Å². The zero-order valence-corrected chi connectivity index (χ0v) is 23.0. The zero-order chi connectivity index (χ0) is 28.2. The van der Waals surface area contributed by atoms with Gasteiger partial charge in [-0.05, 0) is 40.0 Å². The first-order valence-corrected chi connectivity index (χ1v) is 13.8. The highest BCUT2D eigenvalue weighted by atomic mass is 19.1. The fraction of sp³-hybridized carbons (Fsp3) is 0.667. The SMILES string of the molecule is CC(C)(C)OC(=O)NC1CCN(CCN2CCN(c3cc(F)c(NC4CCC(=O)NC4=O)cc3F)CC2)CC1. The summed E-state index contributed by atoms with van der Waals surface area (Å²) in [5, 5.41) is 7.90. The maximum absolute atomic E-state index is 15.0. The minimum atomic E-state index is -0.780. The number of carbonyl (C=O) groups is 3. The van der Waals surface area contributed by atoms with Crippen LogP contribution in [-0.2, 0) is 14.3 Å². The number of anilines is 2. The van der Waals surface area contributed by atoms with E-state index in [1.54, 1.807) is 0 Å². The van der Waals surface area contributed by atoms with Gasteiger partial charge in [-0.25, -0.2) is 13.6 Å². The molecule has 1 aromatic rings. The van der Waals surface area contributed by atoms with Gasteiger partial charge >= 0.3 is 6.09 Å². The van der Waals surface area contributed by atoms with Crippen molar-refractivity contribution in [2.45, 2.75) is 64.1 Å². The molecule has 3 heterocycles. The largest absolute Gasteiger partial charge is 0.444 e. The lowest BCUT2D eigenvalue weighted by atomic mass is 10.1. The molecular formula is C27H40F2N6O4. The summed E-state index contributed by atoms with van der Waals surface area (Å²) in [5.41, 5.74) is -0.386. The molecule has 0 radical (unpaired) electrons. The third kappa shape index (κ3) is 8.25. The molecule has 1 unspecified atom stereocenters. The van der Waals surface area contributed by atoms with Crippen LogP contribution in [0.15, 0.2) is 12.1 Å². The summed E-state index contributed by atoms with van der Waals surface area (Å²) in [6, 6.07) is 1.61. The van der Waals surface area contributed by atoms with Gasteiger partial charge in [-0.15, -0.1) is 0 Å². The van der Waals surface area contributed by atoms with Crippen molar-refractivity contribution in [3.05, 3.63) is 23.8 Å². The Morgan fingerprint density at radius 2 is 1.62 bits per heavy atom. The number of amides is 3. The number of carbonyl (C=O) groups excluding carboxylic acids is 3. The molecule has 0 aromatic heterocycles. The van der Waals surface area contributed by atoms with Crippen molar-refractivity contribution < 1.29 is 27.9 Å². The molecule has 3 saturated heterocycles. The van der Waals surface area contributed by atoms with E-state index in [0.29, 0.717) is 13.1 Å². The van der Waals surface area contributed by atoms with Gasteiger partial charge in [0.15, 0.2) is 0 Å². The van der Waals surface area contributed by atoms with E-state index in [1.165, 1.54) is 6.07 Å². The second-order valence-corrected chi connectivity index (χ2v) is 11.5. The first-order chi connectivity index (χ1) is 18.5. The molecule has 3 aliphatic heterocycles. The zero-order valence-electron chi connectivity index (χ0n) is 23.0. The molecular weight excluding hydrogens is 510 g/mol. The number of ether oxygens (including phenoxy) is 1. The van der Waals surface area contributed by atoms with Gasteiger partial charge in [-0.3, -0.25) is 19.8 Å². The Balaban J connectivity index is 1.19. The van der Waals surface area contributed by atoms with Crippen LogP contribution in [-0.4, -0.2) is 97.8 Å².